The minimum Gasteiger partial charge on any atom is -0.307 e. The summed E-state index contributed by atoms with van der Waals surface area (Å²) in [5, 5.41) is 4.83. The highest BCUT2D eigenvalue weighted by atomic mass is 32.1. The van der Waals surface area contributed by atoms with E-state index in [1.807, 2.05) is 6.20 Å². The summed E-state index contributed by atoms with van der Waals surface area (Å²) in [4.78, 5) is 8.22. The average molecular weight is 253 g/mol. The fourth-order valence-electron chi connectivity index (χ4n) is 2.37. The zero-order valence-corrected chi connectivity index (χ0v) is 11.9. The van der Waals surface area contributed by atoms with Gasteiger partial charge in [-0.25, -0.2) is 4.98 Å². The van der Waals surface area contributed by atoms with Crippen LogP contribution in [0, 0.1) is 6.92 Å². The van der Waals surface area contributed by atoms with Crippen LogP contribution in [0.25, 0.3) is 0 Å². The lowest BCUT2D eigenvalue weighted by atomic mass is 10.0. The van der Waals surface area contributed by atoms with Crippen molar-refractivity contribution >= 4 is 11.3 Å². The Hall–Kier alpha value is -0.450. The summed E-state index contributed by atoms with van der Waals surface area (Å²) in [6.45, 7) is 6.65. The standard InChI is InChI=1S/C13H23N3S/c1-10-8-15-13(17-10)11(2)14-9-12-6-4-5-7-16(12)3/h8,11-12,14H,4-7,9H2,1-3H3. The molecule has 1 fully saturated rings. The van der Waals surface area contributed by atoms with Crippen molar-refractivity contribution in [2.45, 2.75) is 45.2 Å². The minimum atomic E-state index is 0.379. The molecule has 1 aromatic heterocycles. The number of hydrogen-bond acceptors (Lipinski definition) is 4. The summed E-state index contributed by atoms with van der Waals surface area (Å²) >= 11 is 1.80. The van der Waals surface area contributed by atoms with Crippen LogP contribution < -0.4 is 5.32 Å². The Morgan fingerprint density at radius 1 is 1.59 bits per heavy atom. The normalized spacial score (nSPS) is 23.8. The molecule has 2 heterocycles. The zero-order chi connectivity index (χ0) is 12.3. The van der Waals surface area contributed by atoms with Gasteiger partial charge in [0.05, 0.1) is 6.04 Å². The number of rotatable bonds is 4. The number of likely N-dealkylation sites (tertiary alicyclic amines) is 1. The molecule has 1 aromatic rings. The molecule has 1 aliphatic heterocycles. The van der Waals surface area contributed by atoms with Gasteiger partial charge in [0.1, 0.15) is 5.01 Å². The molecule has 0 radical (unpaired) electrons. The highest BCUT2D eigenvalue weighted by Gasteiger charge is 2.19. The van der Waals surface area contributed by atoms with Gasteiger partial charge in [-0.15, -0.1) is 11.3 Å². The molecule has 17 heavy (non-hydrogen) atoms. The topological polar surface area (TPSA) is 28.2 Å². The lowest BCUT2D eigenvalue weighted by molar-refractivity contribution is 0.178. The third-order valence-electron chi connectivity index (χ3n) is 3.59. The molecule has 0 amide bonds. The summed E-state index contributed by atoms with van der Waals surface area (Å²) in [5.74, 6) is 0. The third-order valence-corrected chi connectivity index (χ3v) is 4.69. The van der Waals surface area contributed by atoms with Gasteiger partial charge in [0.15, 0.2) is 0 Å². The molecule has 2 atom stereocenters. The second-order valence-corrected chi connectivity index (χ2v) is 6.34. The first-order valence-electron chi connectivity index (χ1n) is 6.53. The molecule has 2 rings (SSSR count). The first-order valence-corrected chi connectivity index (χ1v) is 7.34. The molecule has 2 unspecified atom stereocenters. The van der Waals surface area contributed by atoms with E-state index in [0.29, 0.717) is 12.1 Å². The van der Waals surface area contributed by atoms with Crippen LogP contribution in [0.5, 0.6) is 0 Å². The number of nitrogens with one attached hydrogen (secondary N) is 1. The van der Waals surface area contributed by atoms with E-state index in [-0.39, 0.29) is 0 Å². The summed E-state index contributed by atoms with van der Waals surface area (Å²) in [6.07, 6.45) is 6.02. The summed E-state index contributed by atoms with van der Waals surface area (Å²) < 4.78 is 0. The number of aryl methyl sites for hydroxylation is 1. The Bertz CT molecular complexity index is 350. The highest BCUT2D eigenvalue weighted by molar-refractivity contribution is 7.11. The molecule has 1 saturated heterocycles. The van der Waals surface area contributed by atoms with Gasteiger partial charge in [-0.05, 0) is 40.3 Å². The van der Waals surface area contributed by atoms with Crippen LogP contribution in [0.4, 0.5) is 0 Å². The van der Waals surface area contributed by atoms with Crippen LogP contribution in [-0.2, 0) is 0 Å². The predicted molar refractivity (Wildman–Crippen MR) is 73.5 cm³/mol. The van der Waals surface area contributed by atoms with E-state index >= 15 is 0 Å². The van der Waals surface area contributed by atoms with E-state index in [2.05, 4.69) is 36.1 Å². The van der Waals surface area contributed by atoms with Gasteiger partial charge in [-0.1, -0.05) is 6.42 Å². The summed E-state index contributed by atoms with van der Waals surface area (Å²) in [7, 11) is 2.24. The number of nitrogens with zero attached hydrogens (tertiary/aromatic N) is 2. The number of likely N-dealkylation sites (N-methyl/N-ethyl adjacent to an activating group) is 1. The average Bonchev–Trinajstić information content (AvgIpc) is 2.74. The van der Waals surface area contributed by atoms with Gasteiger partial charge in [-0.3, -0.25) is 0 Å². The van der Waals surface area contributed by atoms with Gasteiger partial charge in [0, 0.05) is 23.7 Å². The maximum absolute atomic E-state index is 4.44. The molecule has 1 N–H and O–H groups in total. The Morgan fingerprint density at radius 2 is 2.41 bits per heavy atom. The molecule has 0 saturated carbocycles. The second-order valence-electron chi connectivity index (χ2n) is 5.07. The number of thiazole rings is 1. The van der Waals surface area contributed by atoms with Gasteiger partial charge < -0.3 is 10.2 Å². The van der Waals surface area contributed by atoms with E-state index in [1.54, 1.807) is 11.3 Å². The van der Waals surface area contributed by atoms with Crippen molar-refractivity contribution in [3.8, 4) is 0 Å². The Balaban J connectivity index is 1.81. The largest absolute Gasteiger partial charge is 0.307 e. The van der Waals surface area contributed by atoms with Crippen LogP contribution >= 0.6 is 11.3 Å². The van der Waals surface area contributed by atoms with Gasteiger partial charge in [-0.2, -0.15) is 0 Å². The van der Waals surface area contributed by atoms with E-state index in [0.717, 1.165) is 6.54 Å². The molecular formula is C13H23N3S. The summed E-state index contributed by atoms with van der Waals surface area (Å²) in [6, 6.07) is 1.08. The second kappa shape index (κ2) is 5.94. The molecule has 0 spiro atoms. The Kier molecular flexibility index (Phi) is 4.54. The minimum absolute atomic E-state index is 0.379. The maximum Gasteiger partial charge on any atom is 0.109 e. The van der Waals surface area contributed by atoms with Crippen molar-refractivity contribution in [3.05, 3.63) is 16.1 Å². The molecule has 0 bridgehead atoms. The monoisotopic (exact) mass is 253 g/mol. The first kappa shape index (κ1) is 13.0. The lowest BCUT2D eigenvalue weighted by Crippen LogP contribution is -2.43. The number of piperidine rings is 1. The van der Waals surface area contributed by atoms with Crippen LogP contribution in [0.1, 0.15) is 42.1 Å². The fraction of sp³-hybridized carbons (Fsp3) is 0.769. The van der Waals surface area contributed by atoms with Gasteiger partial charge in [0.25, 0.3) is 0 Å². The van der Waals surface area contributed by atoms with Crippen molar-refractivity contribution in [2.75, 3.05) is 20.1 Å². The van der Waals surface area contributed by atoms with Crippen LogP contribution in [0.3, 0.4) is 0 Å². The highest BCUT2D eigenvalue weighted by Crippen LogP contribution is 2.20. The van der Waals surface area contributed by atoms with Crippen molar-refractivity contribution in [3.63, 3.8) is 0 Å². The summed E-state index contributed by atoms with van der Waals surface area (Å²) in [5.41, 5.74) is 0. The van der Waals surface area contributed by atoms with Crippen LogP contribution in [0.2, 0.25) is 0 Å². The van der Waals surface area contributed by atoms with Gasteiger partial charge >= 0.3 is 0 Å². The zero-order valence-electron chi connectivity index (χ0n) is 11.1. The number of hydrogen-bond donors (Lipinski definition) is 1. The predicted octanol–water partition coefficient (Wildman–Crippen LogP) is 2.59. The molecule has 3 nitrogen and oxygen atoms in total. The van der Waals surface area contributed by atoms with Crippen LogP contribution in [-0.4, -0.2) is 36.1 Å². The molecule has 1 aliphatic rings. The quantitative estimate of drug-likeness (QED) is 0.894. The van der Waals surface area contributed by atoms with E-state index in [4.69, 9.17) is 0 Å². The van der Waals surface area contributed by atoms with Crippen LogP contribution in [0.15, 0.2) is 6.20 Å². The number of aromatic nitrogens is 1. The third kappa shape index (κ3) is 3.50. The lowest BCUT2D eigenvalue weighted by Gasteiger charge is -2.33. The SMILES string of the molecule is Cc1cnc(C(C)NCC2CCCCN2C)s1. The Morgan fingerprint density at radius 3 is 3.06 bits per heavy atom. The van der Waals surface area contributed by atoms with Gasteiger partial charge in [0.2, 0.25) is 0 Å². The molecule has 0 aromatic carbocycles. The van der Waals surface area contributed by atoms with Crippen molar-refractivity contribution < 1.29 is 0 Å². The molecule has 96 valence electrons. The van der Waals surface area contributed by atoms with Crippen molar-refractivity contribution in [1.29, 1.82) is 0 Å². The molecular weight excluding hydrogens is 230 g/mol. The first-order chi connectivity index (χ1) is 8.16. The Labute approximate surface area is 108 Å². The molecule has 0 aliphatic carbocycles. The fourth-order valence-corrected chi connectivity index (χ4v) is 3.18. The molecule has 4 heteroatoms. The van der Waals surface area contributed by atoms with E-state index in [9.17, 15) is 0 Å². The van der Waals surface area contributed by atoms with E-state index in [1.165, 1.54) is 35.7 Å². The van der Waals surface area contributed by atoms with E-state index < -0.39 is 0 Å². The van der Waals surface area contributed by atoms with Crippen molar-refractivity contribution in [1.82, 2.24) is 15.2 Å². The smallest absolute Gasteiger partial charge is 0.109 e. The maximum atomic E-state index is 4.44. The van der Waals surface area contributed by atoms with Crippen molar-refractivity contribution in [2.24, 2.45) is 0 Å².